The Labute approximate surface area is 105 Å². The number of nitrogens with one attached hydrogen (secondary N) is 1. The number of fused-ring (bicyclic) bond motifs is 1. The molecule has 5 nitrogen and oxygen atoms in total. The highest BCUT2D eigenvalue weighted by Crippen LogP contribution is 2.34. The van der Waals surface area contributed by atoms with E-state index in [1.54, 1.807) is 4.90 Å². The summed E-state index contributed by atoms with van der Waals surface area (Å²) in [7, 11) is 0. The molecular formula is C13H14N2O3. The summed E-state index contributed by atoms with van der Waals surface area (Å²) in [4.78, 5) is 25.3. The summed E-state index contributed by atoms with van der Waals surface area (Å²) in [6.45, 7) is 1.62. The van der Waals surface area contributed by atoms with Gasteiger partial charge in [-0.05, 0) is 6.07 Å². The van der Waals surface area contributed by atoms with Gasteiger partial charge in [-0.25, -0.2) is 0 Å². The molecule has 2 aliphatic rings. The number of amides is 2. The van der Waals surface area contributed by atoms with Crippen molar-refractivity contribution in [2.24, 2.45) is 0 Å². The Morgan fingerprint density at radius 3 is 3.06 bits per heavy atom. The molecule has 1 aromatic carbocycles. The first kappa shape index (κ1) is 11.1. The molecule has 0 bridgehead atoms. The number of benzene rings is 1. The quantitative estimate of drug-likeness (QED) is 0.765. The fourth-order valence-electron chi connectivity index (χ4n) is 2.41. The standard InChI is InChI=1S/C13H14N2O3/c16-12-7-15(6-5-14-12)13(17)10-8-18-11-4-2-1-3-9(10)11/h1-4,10H,5-8H2,(H,14,16). The molecule has 1 unspecified atom stereocenters. The molecule has 2 heterocycles. The Morgan fingerprint density at radius 1 is 1.39 bits per heavy atom. The lowest BCUT2D eigenvalue weighted by Gasteiger charge is -2.28. The molecule has 3 rings (SSSR count). The number of para-hydroxylation sites is 1. The van der Waals surface area contributed by atoms with E-state index < -0.39 is 0 Å². The van der Waals surface area contributed by atoms with Crippen LogP contribution in [0.15, 0.2) is 24.3 Å². The van der Waals surface area contributed by atoms with Gasteiger partial charge in [-0.15, -0.1) is 0 Å². The minimum Gasteiger partial charge on any atom is -0.492 e. The van der Waals surface area contributed by atoms with Crippen LogP contribution in [0.2, 0.25) is 0 Å². The van der Waals surface area contributed by atoms with E-state index in [-0.39, 0.29) is 24.3 Å². The number of hydrogen-bond donors (Lipinski definition) is 1. The van der Waals surface area contributed by atoms with E-state index in [1.165, 1.54) is 0 Å². The van der Waals surface area contributed by atoms with Crippen LogP contribution in [0.3, 0.4) is 0 Å². The van der Waals surface area contributed by atoms with Gasteiger partial charge in [-0.2, -0.15) is 0 Å². The van der Waals surface area contributed by atoms with Crippen molar-refractivity contribution in [3.05, 3.63) is 29.8 Å². The van der Waals surface area contributed by atoms with Gasteiger partial charge in [0.25, 0.3) is 0 Å². The van der Waals surface area contributed by atoms with Crippen molar-refractivity contribution in [3.63, 3.8) is 0 Å². The number of ether oxygens (including phenoxy) is 1. The van der Waals surface area contributed by atoms with Crippen LogP contribution in [0.4, 0.5) is 0 Å². The van der Waals surface area contributed by atoms with Crippen molar-refractivity contribution >= 4 is 11.8 Å². The first-order valence-electron chi connectivity index (χ1n) is 6.03. The predicted octanol–water partition coefficient (Wildman–Crippen LogP) is 0.121. The highest BCUT2D eigenvalue weighted by atomic mass is 16.5. The molecule has 1 N–H and O–H groups in total. The van der Waals surface area contributed by atoms with Crippen molar-refractivity contribution in [3.8, 4) is 5.75 Å². The van der Waals surface area contributed by atoms with Gasteiger partial charge >= 0.3 is 0 Å². The number of carbonyl (C=O) groups is 2. The number of carbonyl (C=O) groups excluding carboxylic acids is 2. The SMILES string of the molecule is O=C1CN(C(=O)C2COc3ccccc32)CCN1. The zero-order valence-corrected chi connectivity index (χ0v) is 9.89. The van der Waals surface area contributed by atoms with Gasteiger partial charge < -0.3 is 15.0 Å². The Hall–Kier alpha value is -2.04. The van der Waals surface area contributed by atoms with Crippen LogP contribution in [-0.2, 0) is 9.59 Å². The molecular weight excluding hydrogens is 232 g/mol. The van der Waals surface area contributed by atoms with Crippen molar-refractivity contribution < 1.29 is 14.3 Å². The van der Waals surface area contributed by atoms with Gasteiger partial charge in [-0.1, -0.05) is 18.2 Å². The molecule has 5 heteroatoms. The van der Waals surface area contributed by atoms with Crippen LogP contribution in [0.1, 0.15) is 11.5 Å². The summed E-state index contributed by atoms with van der Waals surface area (Å²) in [5, 5.41) is 2.71. The third kappa shape index (κ3) is 1.81. The zero-order chi connectivity index (χ0) is 12.5. The van der Waals surface area contributed by atoms with E-state index in [2.05, 4.69) is 5.32 Å². The normalized spacial score (nSPS) is 22.1. The third-order valence-electron chi connectivity index (χ3n) is 3.35. The Balaban J connectivity index is 1.80. The average molecular weight is 246 g/mol. The number of piperazine rings is 1. The second kappa shape index (κ2) is 4.33. The molecule has 0 spiro atoms. The average Bonchev–Trinajstić information content (AvgIpc) is 2.82. The van der Waals surface area contributed by atoms with E-state index >= 15 is 0 Å². The van der Waals surface area contributed by atoms with E-state index in [0.717, 1.165) is 11.3 Å². The topological polar surface area (TPSA) is 58.6 Å². The maximum atomic E-state index is 12.4. The summed E-state index contributed by atoms with van der Waals surface area (Å²) in [6.07, 6.45) is 0. The molecule has 94 valence electrons. The molecule has 0 radical (unpaired) electrons. The third-order valence-corrected chi connectivity index (χ3v) is 3.35. The Bertz CT molecular complexity index is 501. The van der Waals surface area contributed by atoms with E-state index in [4.69, 9.17) is 4.74 Å². The second-order valence-electron chi connectivity index (χ2n) is 4.51. The maximum absolute atomic E-state index is 12.4. The zero-order valence-electron chi connectivity index (χ0n) is 9.89. The molecule has 1 atom stereocenters. The van der Waals surface area contributed by atoms with Crippen LogP contribution in [-0.4, -0.2) is 43.0 Å². The fourth-order valence-corrected chi connectivity index (χ4v) is 2.41. The van der Waals surface area contributed by atoms with Gasteiger partial charge in [-0.3, -0.25) is 9.59 Å². The van der Waals surface area contributed by atoms with E-state index in [9.17, 15) is 9.59 Å². The minimum absolute atomic E-state index is 0.0187. The monoisotopic (exact) mass is 246 g/mol. The fraction of sp³-hybridized carbons (Fsp3) is 0.385. The molecule has 1 saturated heterocycles. The van der Waals surface area contributed by atoms with E-state index in [0.29, 0.717) is 19.7 Å². The van der Waals surface area contributed by atoms with Gasteiger partial charge in [0, 0.05) is 18.7 Å². The van der Waals surface area contributed by atoms with Crippen LogP contribution in [0.5, 0.6) is 5.75 Å². The van der Waals surface area contributed by atoms with Crippen molar-refractivity contribution in [1.29, 1.82) is 0 Å². The molecule has 0 aromatic heterocycles. The number of nitrogens with zero attached hydrogens (tertiary/aromatic N) is 1. The summed E-state index contributed by atoms with van der Waals surface area (Å²) < 4.78 is 5.50. The smallest absolute Gasteiger partial charge is 0.239 e. The predicted molar refractivity (Wildman–Crippen MR) is 64.3 cm³/mol. The lowest BCUT2D eigenvalue weighted by atomic mass is 9.99. The minimum atomic E-state index is -0.271. The van der Waals surface area contributed by atoms with Crippen LogP contribution < -0.4 is 10.1 Å². The van der Waals surface area contributed by atoms with Crippen LogP contribution >= 0.6 is 0 Å². The molecule has 0 saturated carbocycles. The van der Waals surface area contributed by atoms with Gasteiger partial charge in [0.15, 0.2) is 0 Å². The second-order valence-corrected chi connectivity index (χ2v) is 4.51. The molecule has 18 heavy (non-hydrogen) atoms. The lowest BCUT2D eigenvalue weighted by molar-refractivity contribution is -0.139. The summed E-state index contributed by atoms with van der Waals surface area (Å²) in [6, 6.07) is 7.57. The summed E-state index contributed by atoms with van der Waals surface area (Å²) >= 11 is 0. The van der Waals surface area contributed by atoms with Crippen LogP contribution in [0.25, 0.3) is 0 Å². The lowest BCUT2D eigenvalue weighted by Crippen LogP contribution is -2.51. The Morgan fingerprint density at radius 2 is 2.22 bits per heavy atom. The first-order chi connectivity index (χ1) is 8.75. The van der Waals surface area contributed by atoms with Crippen molar-refractivity contribution in [1.82, 2.24) is 10.2 Å². The highest BCUT2D eigenvalue weighted by molar-refractivity contribution is 5.90. The maximum Gasteiger partial charge on any atom is 0.239 e. The molecule has 1 fully saturated rings. The molecule has 1 aromatic rings. The summed E-state index contributed by atoms with van der Waals surface area (Å²) in [5.74, 6) is 0.390. The van der Waals surface area contributed by atoms with Gasteiger partial charge in [0.05, 0.1) is 6.54 Å². The number of hydrogen-bond acceptors (Lipinski definition) is 3. The molecule has 2 amide bonds. The summed E-state index contributed by atoms with van der Waals surface area (Å²) in [5.41, 5.74) is 0.925. The first-order valence-corrected chi connectivity index (χ1v) is 6.03. The Kier molecular flexibility index (Phi) is 2.66. The van der Waals surface area contributed by atoms with Crippen LogP contribution in [0, 0.1) is 0 Å². The van der Waals surface area contributed by atoms with Gasteiger partial charge in [0.1, 0.15) is 18.3 Å². The highest BCUT2D eigenvalue weighted by Gasteiger charge is 2.34. The largest absolute Gasteiger partial charge is 0.492 e. The molecule has 2 aliphatic heterocycles. The van der Waals surface area contributed by atoms with E-state index in [1.807, 2.05) is 24.3 Å². The van der Waals surface area contributed by atoms with Gasteiger partial charge in [0.2, 0.25) is 11.8 Å². The molecule has 0 aliphatic carbocycles. The van der Waals surface area contributed by atoms with Crippen molar-refractivity contribution in [2.75, 3.05) is 26.2 Å². The number of rotatable bonds is 1. The van der Waals surface area contributed by atoms with Crippen molar-refractivity contribution in [2.45, 2.75) is 5.92 Å².